The zero-order chi connectivity index (χ0) is 42.6. The molecule has 0 aliphatic rings. The highest BCUT2D eigenvalue weighted by Gasteiger charge is 2.23. The summed E-state index contributed by atoms with van der Waals surface area (Å²) in [6, 6.07) is 80.8. The monoisotopic (exact) mass is 827 g/mol. The highest BCUT2D eigenvalue weighted by Crippen LogP contribution is 2.44. The van der Waals surface area contributed by atoms with Crippen LogP contribution in [-0.4, -0.2) is 23.7 Å². The Labute approximate surface area is 373 Å². The van der Waals surface area contributed by atoms with Gasteiger partial charge in [0, 0.05) is 54.6 Å². The molecule has 0 fully saturated rings. The number of hydrogen-bond acceptors (Lipinski definition) is 2. The number of hydrogen-bond donors (Lipinski definition) is 0. The fourth-order valence-corrected chi connectivity index (χ4v) is 10.6. The third kappa shape index (κ3) is 5.27. The second-order valence-electron chi connectivity index (χ2n) is 16.9. The molecule has 302 valence electrons. The smallest absolute Gasteiger partial charge is 0.235 e. The Hall–Kier alpha value is -8.80. The van der Waals surface area contributed by atoms with E-state index >= 15 is 0 Å². The fraction of sp³-hybridized carbons (Fsp3) is 0. The minimum absolute atomic E-state index is 0.649. The summed E-state index contributed by atoms with van der Waals surface area (Å²) in [5.74, 6) is 0.649. The van der Waals surface area contributed by atoms with Crippen molar-refractivity contribution >= 4 is 87.1 Å². The minimum atomic E-state index is 0.649. The van der Waals surface area contributed by atoms with Gasteiger partial charge in [0.15, 0.2) is 0 Å². The first-order valence-electron chi connectivity index (χ1n) is 22.2. The first-order valence-corrected chi connectivity index (χ1v) is 22.2. The second-order valence-corrected chi connectivity index (χ2v) is 16.9. The molecule has 0 saturated heterocycles. The quantitative estimate of drug-likeness (QED) is 0.173. The van der Waals surface area contributed by atoms with Gasteiger partial charge < -0.3 is 9.13 Å². The molecule has 0 bridgehead atoms. The van der Waals surface area contributed by atoms with Gasteiger partial charge in [-0.05, 0) is 88.6 Å². The number of nitrogens with zero attached hydrogens (tertiary/aromatic N) is 5. The summed E-state index contributed by atoms with van der Waals surface area (Å²) in [5, 5.41) is 10.6. The molecule has 14 aromatic rings. The molecule has 65 heavy (non-hydrogen) atoms. The van der Waals surface area contributed by atoms with E-state index in [-0.39, 0.29) is 0 Å². The van der Waals surface area contributed by atoms with Gasteiger partial charge in [-0.15, -0.1) is 0 Å². The molecule has 5 nitrogen and oxygen atoms in total. The number of fused-ring (bicyclic) bond motifs is 12. The Bertz CT molecular complexity index is 4240. The lowest BCUT2D eigenvalue weighted by atomic mass is 9.99. The maximum atomic E-state index is 5.46. The average molecular weight is 828 g/mol. The third-order valence-corrected chi connectivity index (χ3v) is 13.4. The van der Waals surface area contributed by atoms with Gasteiger partial charge in [0.05, 0.1) is 44.3 Å². The van der Waals surface area contributed by atoms with Gasteiger partial charge in [-0.2, -0.15) is 0 Å². The van der Waals surface area contributed by atoms with Crippen LogP contribution in [0.2, 0.25) is 0 Å². The van der Waals surface area contributed by atoms with Crippen LogP contribution in [0.25, 0.3) is 127 Å². The number of para-hydroxylation sites is 4. The minimum Gasteiger partial charge on any atom is -0.309 e. The Balaban J connectivity index is 0.999. The number of aromatic nitrogens is 5. The van der Waals surface area contributed by atoms with E-state index in [1.807, 2.05) is 0 Å². The van der Waals surface area contributed by atoms with Crippen LogP contribution < -0.4 is 0 Å². The molecule has 0 aliphatic heterocycles. The molecule has 0 spiro atoms. The van der Waals surface area contributed by atoms with Crippen molar-refractivity contribution in [2.45, 2.75) is 0 Å². The predicted molar refractivity (Wildman–Crippen MR) is 271 cm³/mol. The molecule has 0 aliphatic carbocycles. The Morgan fingerprint density at radius 1 is 0.292 bits per heavy atom. The average Bonchev–Trinajstić information content (AvgIpc) is 4.01. The van der Waals surface area contributed by atoms with E-state index in [4.69, 9.17) is 9.97 Å². The summed E-state index contributed by atoms with van der Waals surface area (Å²) in [6.45, 7) is 0. The first kappa shape index (κ1) is 35.8. The van der Waals surface area contributed by atoms with Gasteiger partial charge in [-0.25, -0.2) is 9.97 Å². The van der Waals surface area contributed by atoms with Crippen LogP contribution in [0.4, 0.5) is 0 Å². The highest BCUT2D eigenvalue weighted by atomic mass is 15.2. The third-order valence-electron chi connectivity index (χ3n) is 13.4. The van der Waals surface area contributed by atoms with Crippen LogP contribution in [0.3, 0.4) is 0 Å². The van der Waals surface area contributed by atoms with Crippen LogP contribution in [0, 0.1) is 0 Å². The van der Waals surface area contributed by atoms with Gasteiger partial charge in [-0.3, -0.25) is 4.57 Å². The van der Waals surface area contributed by atoms with Gasteiger partial charge in [-0.1, -0.05) is 158 Å². The zero-order valence-corrected chi connectivity index (χ0v) is 35.1. The number of benzene rings is 10. The van der Waals surface area contributed by atoms with Crippen molar-refractivity contribution in [3.05, 3.63) is 224 Å². The molecule has 0 atom stereocenters. The van der Waals surface area contributed by atoms with Crippen molar-refractivity contribution in [1.82, 2.24) is 23.7 Å². The predicted octanol–water partition coefficient (Wildman–Crippen LogP) is 15.4. The zero-order valence-electron chi connectivity index (χ0n) is 35.1. The largest absolute Gasteiger partial charge is 0.309 e. The standard InChI is InChI=1S/C60H37N5/c1-2-16-38(17-3-1)40-20-14-21-41(36-40)63-52-30-12-8-25-47(52)57-55(63)34-35-56-58(57)48-26-9-13-31-53(48)64(56)42-32-33-54-49(37-42)44-23-7-11-29-51(44)65(54)60-61-50-28-10-6-24-46(50)59(62-60)45-27-15-19-39-18-4-5-22-43(39)45/h1-37H. The van der Waals surface area contributed by atoms with Crippen molar-refractivity contribution in [1.29, 1.82) is 0 Å². The molecule has 4 aromatic heterocycles. The normalized spacial score (nSPS) is 12.0. The topological polar surface area (TPSA) is 40.6 Å². The maximum absolute atomic E-state index is 5.46. The summed E-state index contributed by atoms with van der Waals surface area (Å²) in [5.41, 5.74) is 14.4. The van der Waals surface area contributed by atoms with E-state index in [2.05, 4.69) is 238 Å². The van der Waals surface area contributed by atoms with Gasteiger partial charge >= 0.3 is 0 Å². The lowest BCUT2D eigenvalue weighted by Crippen LogP contribution is -2.03. The summed E-state index contributed by atoms with van der Waals surface area (Å²) in [6.07, 6.45) is 0. The van der Waals surface area contributed by atoms with E-state index in [0.29, 0.717) is 5.95 Å². The van der Waals surface area contributed by atoms with Crippen molar-refractivity contribution in [3.63, 3.8) is 0 Å². The lowest BCUT2D eigenvalue weighted by molar-refractivity contribution is 1.01. The van der Waals surface area contributed by atoms with E-state index in [1.54, 1.807) is 0 Å². The lowest BCUT2D eigenvalue weighted by Gasteiger charge is -2.13. The molecule has 4 heterocycles. The second kappa shape index (κ2) is 13.9. The van der Waals surface area contributed by atoms with Crippen molar-refractivity contribution in [3.8, 4) is 39.7 Å². The Morgan fingerprint density at radius 3 is 1.55 bits per heavy atom. The van der Waals surface area contributed by atoms with Crippen molar-refractivity contribution < 1.29 is 0 Å². The molecule has 0 radical (unpaired) electrons. The van der Waals surface area contributed by atoms with Gasteiger partial charge in [0.1, 0.15) is 0 Å². The molecule has 10 aromatic carbocycles. The van der Waals surface area contributed by atoms with E-state index in [1.165, 1.54) is 65.5 Å². The molecule has 0 amide bonds. The molecule has 0 N–H and O–H groups in total. The SMILES string of the molecule is c1ccc(-c2cccc(-n3c4ccccc4c4c5c6ccccc6n(-c6ccc7c(c6)c6ccccc6n7-c6nc(-c7cccc8ccccc78)c7ccccc7n6)c5ccc43)c2)cc1. The van der Waals surface area contributed by atoms with Crippen LogP contribution in [0.5, 0.6) is 0 Å². The number of rotatable bonds is 5. The van der Waals surface area contributed by atoms with E-state index in [0.717, 1.165) is 55.3 Å². The van der Waals surface area contributed by atoms with Gasteiger partial charge in [0.2, 0.25) is 5.95 Å². The fourth-order valence-electron chi connectivity index (χ4n) is 10.6. The van der Waals surface area contributed by atoms with Crippen LogP contribution >= 0.6 is 0 Å². The molecule has 0 unspecified atom stereocenters. The van der Waals surface area contributed by atoms with E-state index < -0.39 is 0 Å². The van der Waals surface area contributed by atoms with Crippen molar-refractivity contribution in [2.75, 3.05) is 0 Å². The highest BCUT2D eigenvalue weighted by molar-refractivity contribution is 6.29. The Kier molecular flexibility index (Phi) is 7.62. The van der Waals surface area contributed by atoms with Crippen LogP contribution in [-0.2, 0) is 0 Å². The first-order chi connectivity index (χ1) is 32.3. The summed E-state index contributed by atoms with van der Waals surface area (Å²) in [7, 11) is 0. The van der Waals surface area contributed by atoms with Crippen molar-refractivity contribution in [2.24, 2.45) is 0 Å². The maximum Gasteiger partial charge on any atom is 0.235 e. The van der Waals surface area contributed by atoms with Gasteiger partial charge in [0.25, 0.3) is 0 Å². The molecular weight excluding hydrogens is 791 g/mol. The molecule has 5 heteroatoms. The molecule has 14 rings (SSSR count). The van der Waals surface area contributed by atoms with E-state index in [9.17, 15) is 0 Å². The Morgan fingerprint density at radius 2 is 0.815 bits per heavy atom. The van der Waals surface area contributed by atoms with Crippen LogP contribution in [0.15, 0.2) is 224 Å². The molecular formula is C60H37N5. The summed E-state index contributed by atoms with van der Waals surface area (Å²) < 4.78 is 7.12. The summed E-state index contributed by atoms with van der Waals surface area (Å²) in [4.78, 5) is 10.7. The van der Waals surface area contributed by atoms with Crippen LogP contribution in [0.1, 0.15) is 0 Å². The molecule has 0 saturated carbocycles. The summed E-state index contributed by atoms with van der Waals surface area (Å²) >= 11 is 0.